The minimum Gasteiger partial charge on any atom is -0.543 e. The topological polar surface area (TPSA) is 75.3 Å². The number of likely N-dealkylation sites (tertiary alicyclic amines) is 1. The van der Waals surface area contributed by atoms with Crippen molar-refractivity contribution in [2.24, 2.45) is 0 Å². The van der Waals surface area contributed by atoms with E-state index in [-0.39, 0.29) is 5.69 Å². The molecular weight excluding hydrogens is 208 g/mol. The van der Waals surface area contributed by atoms with Crippen LogP contribution in [0.25, 0.3) is 0 Å². The second kappa shape index (κ2) is 5.07. The van der Waals surface area contributed by atoms with E-state index in [0.717, 1.165) is 13.1 Å². The molecule has 6 nitrogen and oxygen atoms in total. The fourth-order valence-corrected chi connectivity index (χ4v) is 2.08. The second-order valence-corrected chi connectivity index (χ2v) is 4.21. The van der Waals surface area contributed by atoms with Gasteiger partial charge in [0.05, 0.1) is 38.3 Å². The quantitative estimate of drug-likeness (QED) is 0.624. The van der Waals surface area contributed by atoms with Gasteiger partial charge in [0.25, 0.3) is 0 Å². The Morgan fingerprint density at radius 2 is 2.19 bits per heavy atom. The molecule has 0 spiro atoms. The first-order chi connectivity index (χ1) is 7.75. The van der Waals surface area contributed by atoms with E-state index < -0.39 is 5.97 Å². The molecule has 88 valence electrons. The zero-order chi connectivity index (χ0) is 11.4. The number of carbonyl (C=O) groups is 1. The molecule has 1 saturated heterocycles. The predicted octanol–water partition coefficient (Wildman–Crippen LogP) is -2.29. The highest BCUT2D eigenvalue weighted by Gasteiger charge is 2.13. The molecule has 0 aliphatic carbocycles. The molecule has 0 saturated carbocycles. The smallest absolute Gasteiger partial charge is 0.128 e. The van der Waals surface area contributed by atoms with Gasteiger partial charge in [-0.15, -0.1) is 5.10 Å². The maximum atomic E-state index is 10.5. The predicted molar refractivity (Wildman–Crippen MR) is 53.8 cm³/mol. The van der Waals surface area contributed by atoms with Crippen LogP contribution in [0.2, 0.25) is 0 Å². The van der Waals surface area contributed by atoms with Crippen LogP contribution in [0, 0.1) is 0 Å². The van der Waals surface area contributed by atoms with E-state index in [0.29, 0.717) is 0 Å². The lowest BCUT2D eigenvalue weighted by Gasteiger charge is -2.23. The molecule has 1 fully saturated rings. The van der Waals surface area contributed by atoms with Crippen LogP contribution in [0.3, 0.4) is 0 Å². The maximum absolute atomic E-state index is 10.5. The summed E-state index contributed by atoms with van der Waals surface area (Å²) in [5.74, 6) is -1.27. The van der Waals surface area contributed by atoms with E-state index >= 15 is 0 Å². The first-order valence-electron chi connectivity index (χ1n) is 5.71. The SMILES string of the molecule is O=C([O-])c1cn(CC[NH+]2CCCCC2)nn1. The van der Waals surface area contributed by atoms with Crippen LogP contribution in [0.15, 0.2) is 6.20 Å². The number of carboxylic acid groups (broad SMARTS) is 1. The van der Waals surface area contributed by atoms with Crippen molar-refractivity contribution < 1.29 is 14.8 Å². The molecule has 0 amide bonds. The average molecular weight is 224 g/mol. The van der Waals surface area contributed by atoms with Crippen LogP contribution in [-0.4, -0.2) is 40.6 Å². The maximum Gasteiger partial charge on any atom is 0.128 e. The van der Waals surface area contributed by atoms with Crippen molar-refractivity contribution >= 4 is 5.97 Å². The number of aromatic nitrogens is 3. The van der Waals surface area contributed by atoms with Gasteiger partial charge in [0, 0.05) is 0 Å². The Morgan fingerprint density at radius 1 is 1.44 bits per heavy atom. The number of quaternary nitrogens is 1. The van der Waals surface area contributed by atoms with E-state index in [2.05, 4.69) is 10.3 Å². The van der Waals surface area contributed by atoms with Gasteiger partial charge in [-0.05, 0) is 19.3 Å². The first kappa shape index (κ1) is 11.1. The van der Waals surface area contributed by atoms with Gasteiger partial charge in [0.15, 0.2) is 0 Å². The fraction of sp³-hybridized carbons (Fsp3) is 0.700. The van der Waals surface area contributed by atoms with Crippen LogP contribution < -0.4 is 10.0 Å². The van der Waals surface area contributed by atoms with Crippen molar-refractivity contribution in [3.63, 3.8) is 0 Å². The van der Waals surface area contributed by atoms with Crippen molar-refractivity contribution in [2.45, 2.75) is 25.8 Å². The summed E-state index contributed by atoms with van der Waals surface area (Å²) in [6.45, 7) is 4.12. The van der Waals surface area contributed by atoms with Gasteiger partial charge in [-0.3, -0.25) is 0 Å². The number of hydrogen-bond donors (Lipinski definition) is 1. The second-order valence-electron chi connectivity index (χ2n) is 4.21. The monoisotopic (exact) mass is 224 g/mol. The van der Waals surface area contributed by atoms with E-state index in [1.165, 1.54) is 38.5 Å². The van der Waals surface area contributed by atoms with E-state index in [4.69, 9.17) is 0 Å². The molecular formula is C10H16N4O2. The highest BCUT2D eigenvalue weighted by molar-refractivity contribution is 5.82. The van der Waals surface area contributed by atoms with Crippen LogP contribution in [0.4, 0.5) is 0 Å². The molecule has 1 N–H and O–H groups in total. The van der Waals surface area contributed by atoms with Gasteiger partial charge in [0.2, 0.25) is 0 Å². The molecule has 6 heteroatoms. The third kappa shape index (κ3) is 2.79. The van der Waals surface area contributed by atoms with Crippen LogP contribution >= 0.6 is 0 Å². The fourth-order valence-electron chi connectivity index (χ4n) is 2.08. The summed E-state index contributed by atoms with van der Waals surface area (Å²) in [6, 6.07) is 0. The molecule has 0 aromatic carbocycles. The third-order valence-electron chi connectivity index (χ3n) is 3.00. The number of hydrogen-bond acceptors (Lipinski definition) is 4. The Kier molecular flexibility index (Phi) is 3.51. The number of rotatable bonds is 4. The zero-order valence-electron chi connectivity index (χ0n) is 9.19. The number of aromatic carboxylic acids is 1. The number of carbonyl (C=O) groups excluding carboxylic acids is 1. The standard InChI is InChI=1S/C10H16N4O2/c15-10(16)9-8-14(12-11-9)7-6-13-4-2-1-3-5-13/h8H,1-7H2,(H,15,16). The Hall–Kier alpha value is -1.43. The summed E-state index contributed by atoms with van der Waals surface area (Å²) >= 11 is 0. The summed E-state index contributed by atoms with van der Waals surface area (Å²) in [4.78, 5) is 12.1. The molecule has 1 aliphatic heterocycles. The highest BCUT2D eigenvalue weighted by atomic mass is 16.4. The largest absolute Gasteiger partial charge is 0.543 e. The normalized spacial score (nSPS) is 17.5. The highest BCUT2D eigenvalue weighted by Crippen LogP contribution is 1.95. The van der Waals surface area contributed by atoms with Gasteiger partial charge in [-0.2, -0.15) is 0 Å². The lowest BCUT2D eigenvalue weighted by Crippen LogP contribution is -3.13. The molecule has 0 unspecified atom stereocenters. The zero-order valence-corrected chi connectivity index (χ0v) is 9.19. The van der Waals surface area contributed by atoms with Crippen molar-refractivity contribution in [1.82, 2.24) is 15.0 Å². The molecule has 16 heavy (non-hydrogen) atoms. The summed E-state index contributed by atoms with van der Waals surface area (Å²) in [6.07, 6.45) is 5.34. The van der Waals surface area contributed by atoms with Crippen molar-refractivity contribution in [2.75, 3.05) is 19.6 Å². The molecule has 1 aromatic heterocycles. The van der Waals surface area contributed by atoms with Crippen LogP contribution in [0.5, 0.6) is 0 Å². The Bertz CT molecular complexity index is 357. The van der Waals surface area contributed by atoms with Gasteiger partial charge in [-0.1, -0.05) is 5.21 Å². The molecule has 0 radical (unpaired) electrons. The third-order valence-corrected chi connectivity index (χ3v) is 3.00. The van der Waals surface area contributed by atoms with E-state index in [1.807, 2.05) is 0 Å². The van der Waals surface area contributed by atoms with Gasteiger partial charge >= 0.3 is 0 Å². The Balaban J connectivity index is 1.81. The Labute approximate surface area is 93.9 Å². The Morgan fingerprint density at radius 3 is 2.81 bits per heavy atom. The first-order valence-corrected chi connectivity index (χ1v) is 5.71. The summed E-state index contributed by atoms with van der Waals surface area (Å²) < 4.78 is 1.58. The van der Waals surface area contributed by atoms with Crippen molar-refractivity contribution in [3.8, 4) is 0 Å². The lowest BCUT2D eigenvalue weighted by molar-refractivity contribution is -0.905. The summed E-state index contributed by atoms with van der Waals surface area (Å²) in [7, 11) is 0. The number of piperidine rings is 1. The molecule has 0 atom stereocenters. The summed E-state index contributed by atoms with van der Waals surface area (Å²) in [5, 5.41) is 17.8. The number of nitrogens with zero attached hydrogens (tertiary/aromatic N) is 3. The molecule has 0 bridgehead atoms. The van der Waals surface area contributed by atoms with Crippen LogP contribution in [-0.2, 0) is 6.54 Å². The van der Waals surface area contributed by atoms with Gasteiger partial charge in [0.1, 0.15) is 5.69 Å². The van der Waals surface area contributed by atoms with Crippen LogP contribution in [0.1, 0.15) is 29.8 Å². The van der Waals surface area contributed by atoms with E-state index in [9.17, 15) is 9.90 Å². The van der Waals surface area contributed by atoms with Crippen molar-refractivity contribution in [3.05, 3.63) is 11.9 Å². The average Bonchev–Trinajstić information content (AvgIpc) is 2.76. The minimum absolute atomic E-state index is 0.0892. The molecule has 2 heterocycles. The van der Waals surface area contributed by atoms with Gasteiger partial charge in [-0.25, -0.2) is 4.68 Å². The summed E-state index contributed by atoms with van der Waals surface area (Å²) in [5.41, 5.74) is -0.0892. The van der Waals surface area contributed by atoms with E-state index in [1.54, 1.807) is 9.58 Å². The van der Waals surface area contributed by atoms with Gasteiger partial charge < -0.3 is 14.8 Å². The molecule has 1 aliphatic rings. The molecule has 1 aromatic rings. The minimum atomic E-state index is -1.27. The van der Waals surface area contributed by atoms with Crippen molar-refractivity contribution in [1.29, 1.82) is 0 Å². The molecule has 2 rings (SSSR count). The lowest BCUT2D eigenvalue weighted by atomic mass is 10.1. The number of carboxylic acids is 1. The number of nitrogens with one attached hydrogen (secondary N) is 1.